The molecule has 0 radical (unpaired) electrons. The third-order valence-corrected chi connectivity index (χ3v) is 0.713. The number of terminal acetylenes is 1. The van der Waals surface area contributed by atoms with Gasteiger partial charge in [0, 0.05) is 6.42 Å². The minimum absolute atomic E-state index is 0.561. The summed E-state index contributed by atoms with van der Waals surface area (Å²) in [5.41, 5.74) is 0. The van der Waals surface area contributed by atoms with Crippen LogP contribution in [0.25, 0.3) is 0 Å². The molecule has 0 fully saturated rings. The van der Waals surface area contributed by atoms with Crippen LogP contribution in [0.4, 0.5) is 0 Å². The Hall–Kier alpha value is -1.16. The summed E-state index contributed by atoms with van der Waals surface area (Å²) < 4.78 is 4.79. The molecule has 0 spiro atoms. The third-order valence-electron chi connectivity index (χ3n) is 0.713. The van der Waals surface area contributed by atoms with Gasteiger partial charge in [-0.2, -0.15) is 0 Å². The molecule has 0 atom stereocenters. The highest BCUT2D eigenvalue weighted by atomic mass is 16.5. The molecule has 0 rings (SSSR count). The number of allylic oxidation sites excluding steroid dienone is 1. The fraction of sp³-hybridized carbons (Fsp3) is 0.250. The fourth-order valence-corrected chi connectivity index (χ4v) is 0.343. The minimum atomic E-state index is 0.561. The van der Waals surface area contributed by atoms with Crippen molar-refractivity contribution in [2.75, 3.05) is 6.61 Å². The van der Waals surface area contributed by atoms with Crippen molar-refractivity contribution in [3.8, 4) is 12.3 Å². The highest BCUT2D eigenvalue weighted by molar-refractivity contribution is 4.96. The second kappa shape index (κ2) is 6.84. The molecule has 0 unspecified atom stereocenters. The fourth-order valence-electron chi connectivity index (χ4n) is 0.343. The molecule has 0 aliphatic rings. The van der Waals surface area contributed by atoms with Crippen molar-refractivity contribution in [1.82, 2.24) is 0 Å². The van der Waals surface area contributed by atoms with Crippen LogP contribution < -0.4 is 0 Å². The van der Waals surface area contributed by atoms with Gasteiger partial charge < -0.3 is 4.74 Å². The Morgan fingerprint density at radius 2 is 2.33 bits per heavy atom. The first-order valence-electron chi connectivity index (χ1n) is 2.72. The van der Waals surface area contributed by atoms with E-state index in [4.69, 9.17) is 11.2 Å². The summed E-state index contributed by atoms with van der Waals surface area (Å²) >= 11 is 0. The maximum atomic E-state index is 4.98. The van der Waals surface area contributed by atoms with E-state index in [-0.39, 0.29) is 0 Å². The molecule has 0 saturated heterocycles. The predicted octanol–water partition coefficient (Wildman–Crippen LogP) is 1.73. The maximum absolute atomic E-state index is 4.98. The van der Waals surface area contributed by atoms with E-state index in [1.165, 1.54) is 6.26 Å². The number of ether oxygens (including phenoxy) is 1. The first kappa shape index (κ1) is 7.84. The normalized spacial score (nSPS) is 8.78. The van der Waals surface area contributed by atoms with Gasteiger partial charge in [-0.15, -0.1) is 12.3 Å². The van der Waals surface area contributed by atoms with Gasteiger partial charge in [0.1, 0.15) is 6.61 Å². The first-order valence-corrected chi connectivity index (χ1v) is 2.72. The van der Waals surface area contributed by atoms with Gasteiger partial charge in [0.05, 0.1) is 6.26 Å². The summed E-state index contributed by atoms with van der Waals surface area (Å²) in [6.07, 6.45) is 10.8. The average Bonchev–Trinajstić information content (AvgIpc) is 1.89. The minimum Gasteiger partial charge on any atom is -0.498 e. The van der Waals surface area contributed by atoms with Crippen molar-refractivity contribution in [3.05, 3.63) is 25.0 Å². The maximum Gasteiger partial charge on any atom is 0.105 e. The second-order valence-corrected chi connectivity index (χ2v) is 1.38. The van der Waals surface area contributed by atoms with Crippen molar-refractivity contribution in [2.45, 2.75) is 6.42 Å². The molecule has 0 amide bonds. The van der Waals surface area contributed by atoms with Gasteiger partial charge in [-0.1, -0.05) is 18.7 Å². The van der Waals surface area contributed by atoms with E-state index in [0.29, 0.717) is 13.0 Å². The molecule has 1 nitrogen and oxygen atoms in total. The summed E-state index contributed by atoms with van der Waals surface area (Å²) in [7, 11) is 0. The van der Waals surface area contributed by atoms with E-state index >= 15 is 0 Å². The molecular weight excluding hydrogens is 112 g/mol. The van der Waals surface area contributed by atoms with E-state index in [1.54, 1.807) is 0 Å². The Morgan fingerprint density at radius 3 is 2.89 bits per heavy atom. The van der Waals surface area contributed by atoms with Gasteiger partial charge >= 0.3 is 0 Å². The molecule has 0 heterocycles. The van der Waals surface area contributed by atoms with Crippen LogP contribution in [0, 0.1) is 12.3 Å². The van der Waals surface area contributed by atoms with Crippen LogP contribution in [0.15, 0.2) is 25.0 Å². The summed E-state index contributed by atoms with van der Waals surface area (Å²) in [6.45, 7) is 3.94. The van der Waals surface area contributed by atoms with Crippen LogP contribution in [-0.4, -0.2) is 6.61 Å². The van der Waals surface area contributed by atoms with Gasteiger partial charge in [0.25, 0.3) is 0 Å². The molecule has 48 valence electrons. The lowest BCUT2D eigenvalue weighted by Gasteiger charge is -1.89. The van der Waals surface area contributed by atoms with Crippen molar-refractivity contribution in [1.29, 1.82) is 0 Å². The lowest BCUT2D eigenvalue weighted by molar-refractivity contribution is 0.291. The Bertz CT molecular complexity index is 128. The van der Waals surface area contributed by atoms with Gasteiger partial charge in [-0.3, -0.25) is 0 Å². The topological polar surface area (TPSA) is 9.23 Å². The molecule has 0 bridgehead atoms. The molecule has 0 aliphatic carbocycles. The van der Waals surface area contributed by atoms with Crippen molar-refractivity contribution >= 4 is 0 Å². The highest BCUT2D eigenvalue weighted by Gasteiger charge is 1.70. The second-order valence-electron chi connectivity index (χ2n) is 1.38. The van der Waals surface area contributed by atoms with E-state index < -0.39 is 0 Å². The van der Waals surface area contributed by atoms with Crippen molar-refractivity contribution < 1.29 is 4.74 Å². The van der Waals surface area contributed by atoms with Crippen LogP contribution in [0.1, 0.15) is 6.42 Å². The molecule has 0 aliphatic heterocycles. The largest absolute Gasteiger partial charge is 0.498 e. The zero-order valence-corrected chi connectivity index (χ0v) is 5.34. The monoisotopic (exact) mass is 122 g/mol. The van der Waals surface area contributed by atoms with Gasteiger partial charge in [0.15, 0.2) is 0 Å². The molecular formula is C8H10O. The Kier molecular flexibility index (Phi) is 5.96. The Balaban J connectivity index is 3.06. The molecule has 0 N–H and O–H groups in total. The molecule has 1 heteroatoms. The molecule has 0 saturated carbocycles. The third kappa shape index (κ3) is 6.84. The Labute approximate surface area is 56.0 Å². The summed E-state index contributed by atoms with van der Waals surface area (Å²) in [5.74, 6) is 2.48. The molecule has 0 aromatic carbocycles. The quantitative estimate of drug-likeness (QED) is 0.239. The summed E-state index contributed by atoms with van der Waals surface area (Å²) in [6, 6.07) is 0. The van der Waals surface area contributed by atoms with Crippen LogP contribution >= 0.6 is 0 Å². The van der Waals surface area contributed by atoms with E-state index in [2.05, 4.69) is 12.5 Å². The molecule has 0 aromatic rings. The van der Waals surface area contributed by atoms with Crippen molar-refractivity contribution in [2.24, 2.45) is 0 Å². The lowest BCUT2D eigenvalue weighted by Crippen LogP contribution is -1.77. The highest BCUT2D eigenvalue weighted by Crippen LogP contribution is 1.80. The molecule has 9 heavy (non-hydrogen) atoms. The van der Waals surface area contributed by atoms with Crippen LogP contribution in [-0.2, 0) is 4.74 Å². The van der Waals surface area contributed by atoms with E-state index in [0.717, 1.165) is 0 Å². The number of hydrogen-bond donors (Lipinski definition) is 0. The van der Waals surface area contributed by atoms with Gasteiger partial charge in [-0.05, 0) is 0 Å². The average molecular weight is 122 g/mol. The van der Waals surface area contributed by atoms with Crippen LogP contribution in [0.2, 0.25) is 0 Å². The standard InChI is InChI=1S/C8H10O/c1-3-5-6-7-8-9-4-2/h1,4,6-7H,2,5,8H2. The van der Waals surface area contributed by atoms with Crippen LogP contribution in [0.3, 0.4) is 0 Å². The van der Waals surface area contributed by atoms with E-state index in [9.17, 15) is 0 Å². The smallest absolute Gasteiger partial charge is 0.105 e. The summed E-state index contributed by atoms with van der Waals surface area (Å²) in [5, 5.41) is 0. The lowest BCUT2D eigenvalue weighted by atomic mass is 10.4. The number of hydrogen-bond acceptors (Lipinski definition) is 1. The number of rotatable bonds is 4. The van der Waals surface area contributed by atoms with Crippen LogP contribution in [0.5, 0.6) is 0 Å². The van der Waals surface area contributed by atoms with Gasteiger partial charge in [-0.25, -0.2) is 0 Å². The zero-order chi connectivity index (χ0) is 6.95. The van der Waals surface area contributed by atoms with Crippen molar-refractivity contribution in [3.63, 3.8) is 0 Å². The van der Waals surface area contributed by atoms with E-state index in [1.807, 2.05) is 12.2 Å². The van der Waals surface area contributed by atoms with Gasteiger partial charge in [0.2, 0.25) is 0 Å². The zero-order valence-electron chi connectivity index (χ0n) is 5.34. The molecule has 0 aromatic heterocycles. The SMILES string of the molecule is C#CCC=CCOC=C. The first-order chi connectivity index (χ1) is 4.41. The Morgan fingerprint density at radius 1 is 1.56 bits per heavy atom. The summed E-state index contributed by atoms with van der Waals surface area (Å²) in [4.78, 5) is 0. The predicted molar refractivity (Wildman–Crippen MR) is 38.7 cm³/mol.